The number of methoxy groups -OCH3 is 1. The third-order valence-electron chi connectivity index (χ3n) is 1.34. The Kier molecular flexibility index (Phi) is 3.72. The molecule has 1 atom stereocenters. The first kappa shape index (κ1) is 7.98. The molecule has 1 heterocycles. The molecule has 0 aromatic carbocycles. The molecule has 60 valence electrons. The number of ether oxygens (including phenoxy) is 3. The van der Waals surface area contributed by atoms with E-state index in [-0.39, 0.29) is 0 Å². The van der Waals surface area contributed by atoms with Gasteiger partial charge in [0.15, 0.2) is 0 Å². The van der Waals surface area contributed by atoms with E-state index in [1.807, 2.05) is 0 Å². The van der Waals surface area contributed by atoms with E-state index < -0.39 is 0 Å². The summed E-state index contributed by atoms with van der Waals surface area (Å²) in [6.07, 6.45) is 1.37. The molecule has 1 saturated heterocycles. The van der Waals surface area contributed by atoms with Gasteiger partial charge in [-0.05, 0) is 6.42 Å². The maximum Gasteiger partial charge on any atom is 0.104 e. The van der Waals surface area contributed by atoms with Crippen LogP contribution in [0.4, 0.5) is 0 Å². The second-order valence-electron chi connectivity index (χ2n) is 2.38. The van der Waals surface area contributed by atoms with Gasteiger partial charge in [0.1, 0.15) is 6.10 Å². The van der Waals surface area contributed by atoms with Gasteiger partial charge in [-0.3, -0.25) is 0 Å². The fourth-order valence-corrected chi connectivity index (χ4v) is 0.684. The van der Waals surface area contributed by atoms with Crippen molar-refractivity contribution >= 4 is 0 Å². The molecule has 0 aliphatic carbocycles. The summed E-state index contributed by atoms with van der Waals surface area (Å²) in [5, 5.41) is 0. The zero-order valence-electron chi connectivity index (χ0n) is 6.34. The molecule has 0 N–H and O–H groups in total. The van der Waals surface area contributed by atoms with Gasteiger partial charge in [-0.2, -0.15) is 0 Å². The van der Waals surface area contributed by atoms with E-state index >= 15 is 0 Å². The van der Waals surface area contributed by atoms with Crippen molar-refractivity contribution in [3.8, 4) is 0 Å². The first-order valence-corrected chi connectivity index (χ1v) is 3.62. The maximum atomic E-state index is 5.25. The molecule has 0 unspecified atom stereocenters. The molecular weight excluding hydrogens is 132 g/mol. The molecule has 1 rings (SSSR count). The fourth-order valence-electron chi connectivity index (χ4n) is 0.684. The molecule has 0 aromatic rings. The molecule has 0 radical (unpaired) electrons. The first-order chi connectivity index (χ1) is 4.93. The van der Waals surface area contributed by atoms with Crippen LogP contribution in [0, 0.1) is 0 Å². The van der Waals surface area contributed by atoms with Crippen molar-refractivity contribution < 1.29 is 14.2 Å². The van der Waals surface area contributed by atoms with Gasteiger partial charge in [0.25, 0.3) is 0 Å². The highest BCUT2D eigenvalue weighted by Crippen LogP contribution is 2.08. The summed E-state index contributed by atoms with van der Waals surface area (Å²) in [6, 6.07) is 0. The number of hydrogen-bond donors (Lipinski definition) is 0. The number of hydrogen-bond acceptors (Lipinski definition) is 3. The summed E-state index contributed by atoms with van der Waals surface area (Å²) in [5.41, 5.74) is 0. The smallest absolute Gasteiger partial charge is 0.104 e. The van der Waals surface area contributed by atoms with Gasteiger partial charge in [0.2, 0.25) is 0 Å². The predicted octanol–water partition coefficient (Wildman–Crippen LogP) is 0.438. The lowest BCUT2D eigenvalue weighted by Gasteiger charge is -1.99. The van der Waals surface area contributed by atoms with Gasteiger partial charge in [-0.1, -0.05) is 0 Å². The summed E-state index contributed by atoms with van der Waals surface area (Å²) in [7, 11) is 1.70. The zero-order chi connectivity index (χ0) is 7.23. The Hall–Kier alpha value is -0.120. The Balaban J connectivity index is 1.68. The molecular formula is C7H14O3. The lowest BCUT2D eigenvalue weighted by molar-refractivity contribution is 0.0916. The zero-order valence-corrected chi connectivity index (χ0v) is 6.34. The minimum atomic E-state index is 0.391. The van der Waals surface area contributed by atoms with Crippen LogP contribution in [0.3, 0.4) is 0 Å². The normalized spacial score (nSPS) is 23.1. The summed E-state index contributed by atoms with van der Waals surface area (Å²) in [5.74, 6) is 0. The van der Waals surface area contributed by atoms with Crippen LogP contribution < -0.4 is 0 Å². The molecule has 1 fully saturated rings. The summed E-state index contributed by atoms with van der Waals surface area (Å²) in [6.45, 7) is 3.20. The highest BCUT2D eigenvalue weighted by molar-refractivity contribution is 4.66. The molecule has 1 aliphatic heterocycles. The van der Waals surface area contributed by atoms with Crippen molar-refractivity contribution in [1.82, 2.24) is 0 Å². The SMILES string of the molecule is COCCCOC[C@H]1CO1. The van der Waals surface area contributed by atoms with Crippen molar-refractivity contribution in [2.24, 2.45) is 0 Å². The molecule has 0 amide bonds. The van der Waals surface area contributed by atoms with Crippen LogP contribution in [0.1, 0.15) is 6.42 Å². The molecule has 3 heteroatoms. The quantitative estimate of drug-likeness (QED) is 0.402. The average Bonchev–Trinajstić information content (AvgIpc) is 2.71. The highest BCUT2D eigenvalue weighted by atomic mass is 16.6. The number of epoxide rings is 1. The average molecular weight is 146 g/mol. The molecule has 3 nitrogen and oxygen atoms in total. The van der Waals surface area contributed by atoms with E-state index in [1.165, 1.54) is 0 Å². The summed E-state index contributed by atoms with van der Waals surface area (Å²) < 4.78 is 15.1. The van der Waals surface area contributed by atoms with Gasteiger partial charge >= 0.3 is 0 Å². The van der Waals surface area contributed by atoms with Crippen LogP contribution in [-0.2, 0) is 14.2 Å². The van der Waals surface area contributed by atoms with Crippen LogP contribution in [0.25, 0.3) is 0 Å². The Morgan fingerprint density at radius 2 is 2.30 bits per heavy atom. The monoisotopic (exact) mass is 146 g/mol. The fraction of sp³-hybridized carbons (Fsp3) is 1.00. The van der Waals surface area contributed by atoms with Gasteiger partial charge in [-0.15, -0.1) is 0 Å². The van der Waals surface area contributed by atoms with Crippen molar-refractivity contribution in [3.63, 3.8) is 0 Å². The molecule has 0 spiro atoms. The molecule has 0 saturated carbocycles. The first-order valence-electron chi connectivity index (χ1n) is 3.62. The van der Waals surface area contributed by atoms with E-state index in [2.05, 4.69) is 0 Å². The Morgan fingerprint density at radius 1 is 1.50 bits per heavy atom. The Morgan fingerprint density at radius 3 is 2.90 bits per heavy atom. The van der Waals surface area contributed by atoms with E-state index in [0.717, 1.165) is 32.8 Å². The van der Waals surface area contributed by atoms with Gasteiger partial charge in [-0.25, -0.2) is 0 Å². The van der Waals surface area contributed by atoms with Crippen molar-refractivity contribution in [1.29, 1.82) is 0 Å². The van der Waals surface area contributed by atoms with E-state index in [0.29, 0.717) is 6.10 Å². The lowest BCUT2D eigenvalue weighted by Crippen LogP contribution is -2.04. The summed E-state index contributed by atoms with van der Waals surface area (Å²) >= 11 is 0. The molecule has 0 bridgehead atoms. The second-order valence-corrected chi connectivity index (χ2v) is 2.38. The van der Waals surface area contributed by atoms with Crippen molar-refractivity contribution in [3.05, 3.63) is 0 Å². The van der Waals surface area contributed by atoms with Crippen LogP contribution >= 0.6 is 0 Å². The molecule has 1 aliphatic rings. The topological polar surface area (TPSA) is 31.0 Å². The molecule has 0 aromatic heterocycles. The van der Waals surface area contributed by atoms with Gasteiger partial charge < -0.3 is 14.2 Å². The maximum absolute atomic E-state index is 5.25. The van der Waals surface area contributed by atoms with Crippen LogP contribution in [0.5, 0.6) is 0 Å². The van der Waals surface area contributed by atoms with Crippen LogP contribution in [0.2, 0.25) is 0 Å². The standard InChI is InChI=1S/C7H14O3/c1-8-3-2-4-9-5-7-6-10-7/h7H,2-6H2,1H3/t7-/m0/s1. The number of rotatable bonds is 6. The van der Waals surface area contributed by atoms with Gasteiger partial charge in [0, 0.05) is 20.3 Å². The van der Waals surface area contributed by atoms with Crippen molar-refractivity contribution in [2.75, 3.05) is 33.5 Å². The predicted molar refractivity (Wildman–Crippen MR) is 37.1 cm³/mol. The minimum absolute atomic E-state index is 0.391. The minimum Gasteiger partial charge on any atom is -0.385 e. The van der Waals surface area contributed by atoms with Crippen molar-refractivity contribution in [2.45, 2.75) is 12.5 Å². The van der Waals surface area contributed by atoms with E-state index in [9.17, 15) is 0 Å². The van der Waals surface area contributed by atoms with E-state index in [1.54, 1.807) is 7.11 Å². The molecule has 10 heavy (non-hydrogen) atoms. The largest absolute Gasteiger partial charge is 0.385 e. The van der Waals surface area contributed by atoms with Crippen LogP contribution in [0.15, 0.2) is 0 Å². The highest BCUT2D eigenvalue weighted by Gasteiger charge is 2.21. The van der Waals surface area contributed by atoms with Crippen LogP contribution in [-0.4, -0.2) is 39.6 Å². The Labute approximate surface area is 61.3 Å². The second kappa shape index (κ2) is 4.66. The Bertz CT molecular complexity index is 80.9. The van der Waals surface area contributed by atoms with Gasteiger partial charge in [0.05, 0.1) is 13.2 Å². The third kappa shape index (κ3) is 3.82. The summed E-state index contributed by atoms with van der Waals surface area (Å²) in [4.78, 5) is 0. The third-order valence-corrected chi connectivity index (χ3v) is 1.34. The van der Waals surface area contributed by atoms with E-state index in [4.69, 9.17) is 14.2 Å². The lowest BCUT2D eigenvalue weighted by atomic mass is 10.5.